The van der Waals surface area contributed by atoms with Crippen LogP contribution in [0, 0.1) is 0 Å². The van der Waals surface area contributed by atoms with E-state index < -0.39 is 10.8 Å². The molecule has 0 aliphatic rings. The molecule has 6 heteroatoms. The number of halogens is 1. The van der Waals surface area contributed by atoms with E-state index in [2.05, 4.69) is 21.2 Å². The van der Waals surface area contributed by atoms with Crippen LogP contribution in [-0.2, 0) is 22.1 Å². The van der Waals surface area contributed by atoms with E-state index in [0.717, 1.165) is 10.0 Å². The number of nitrogens with one attached hydrogen (secondary N) is 1. The van der Waals surface area contributed by atoms with Crippen LogP contribution in [0.15, 0.2) is 57.9 Å². The lowest BCUT2D eigenvalue weighted by molar-refractivity contribution is -0.113. The molecule has 0 aliphatic carbocycles. The Labute approximate surface area is 134 Å². The number of rotatable bonds is 5. The summed E-state index contributed by atoms with van der Waals surface area (Å²) in [5, 5.41) is 2.73. The average Bonchev–Trinajstić information content (AvgIpc) is 2.47. The molecule has 2 aromatic carbocycles. The van der Waals surface area contributed by atoms with E-state index in [1.807, 2.05) is 18.2 Å². The first-order valence-electron chi connectivity index (χ1n) is 6.31. The molecule has 0 radical (unpaired) electrons. The fraction of sp³-hybridized carbons (Fsp3) is 0.133. The van der Waals surface area contributed by atoms with Crippen molar-refractivity contribution in [2.45, 2.75) is 11.4 Å². The van der Waals surface area contributed by atoms with Gasteiger partial charge in [-0.25, -0.2) is 0 Å². The highest BCUT2D eigenvalue weighted by Gasteiger charge is 2.11. The maximum absolute atomic E-state index is 12.1. The summed E-state index contributed by atoms with van der Waals surface area (Å²) in [6.45, 7) is 0.410. The zero-order valence-corrected chi connectivity index (χ0v) is 13.6. The molecule has 110 valence electrons. The summed E-state index contributed by atoms with van der Waals surface area (Å²) in [5.74, 6) is -0.369. The van der Waals surface area contributed by atoms with Crippen molar-refractivity contribution in [3.05, 3.63) is 58.6 Å². The first kappa shape index (κ1) is 15.9. The van der Waals surface area contributed by atoms with Gasteiger partial charge in [-0.3, -0.25) is 9.00 Å². The van der Waals surface area contributed by atoms with E-state index >= 15 is 0 Å². The van der Waals surface area contributed by atoms with Crippen LogP contribution in [0.5, 0.6) is 0 Å². The smallest absolute Gasteiger partial charge is 0.237 e. The highest BCUT2D eigenvalue weighted by Crippen LogP contribution is 2.15. The van der Waals surface area contributed by atoms with Gasteiger partial charge in [0.25, 0.3) is 0 Å². The average molecular weight is 367 g/mol. The molecule has 4 nitrogen and oxygen atoms in total. The molecule has 1 atom stereocenters. The number of benzene rings is 2. The third-order valence-electron chi connectivity index (χ3n) is 2.77. The first-order chi connectivity index (χ1) is 10.1. The molecule has 0 spiro atoms. The van der Waals surface area contributed by atoms with Crippen LogP contribution in [0.3, 0.4) is 0 Å². The number of carbonyl (C=O) groups excluding carboxylic acids is 1. The number of amides is 1. The molecule has 0 fully saturated rings. The molecule has 3 N–H and O–H groups in total. The summed E-state index contributed by atoms with van der Waals surface area (Å²) >= 11 is 3.32. The third kappa shape index (κ3) is 4.77. The second-order valence-corrected chi connectivity index (χ2v) is 6.77. The Kier molecular flexibility index (Phi) is 5.67. The number of hydrogen-bond donors (Lipinski definition) is 2. The van der Waals surface area contributed by atoms with Crippen molar-refractivity contribution in [3.8, 4) is 0 Å². The van der Waals surface area contributed by atoms with Crippen LogP contribution < -0.4 is 11.1 Å². The van der Waals surface area contributed by atoms with Gasteiger partial charge < -0.3 is 11.1 Å². The van der Waals surface area contributed by atoms with Crippen LogP contribution in [0.1, 0.15) is 5.56 Å². The summed E-state index contributed by atoms with van der Waals surface area (Å²) in [6.07, 6.45) is 0. The maximum Gasteiger partial charge on any atom is 0.237 e. The number of carbonyl (C=O) groups is 1. The van der Waals surface area contributed by atoms with Crippen LogP contribution >= 0.6 is 15.9 Å². The highest BCUT2D eigenvalue weighted by atomic mass is 79.9. The van der Waals surface area contributed by atoms with E-state index in [4.69, 9.17) is 5.73 Å². The summed E-state index contributed by atoms with van der Waals surface area (Å²) in [7, 11) is -1.37. The van der Waals surface area contributed by atoms with Crippen molar-refractivity contribution in [2.24, 2.45) is 5.73 Å². The Bertz CT molecular complexity index is 676. The van der Waals surface area contributed by atoms with Crippen LogP contribution in [0.4, 0.5) is 5.69 Å². The van der Waals surface area contributed by atoms with Gasteiger partial charge in [0.1, 0.15) is 5.75 Å². The van der Waals surface area contributed by atoms with Crippen molar-refractivity contribution in [2.75, 3.05) is 11.1 Å². The van der Waals surface area contributed by atoms with Crippen LogP contribution in [-0.4, -0.2) is 15.9 Å². The minimum Gasteiger partial charge on any atom is -0.326 e. The van der Waals surface area contributed by atoms with Gasteiger partial charge in [0.05, 0.1) is 10.8 Å². The van der Waals surface area contributed by atoms with E-state index in [1.54, 1.807) is 30.3 Å². The topological polar surface area (TPSA) is 72.2 Å². The van der Waals surface area contributed by atoms with Crippen LogP contribution in [0.2, 0.25) is 0 Å². The highest BCUT2D eigenvalue weighted by molar-refractivity contribution is 9.10. The predicted molar refractivity (Wildman–Crippen MR) is 88.4 cm³/mol. The lowest BCUT2D eigenvalue weighted by Gasteiger charge is -2.07. The largest absolute Gasteiger partial charge is 0.326 e. The SMILES string of the molecule is NCc1cccc(NC(=O)CS(=O)c2cccc(Br)c2)c1. The molecule has 1 unspecified atom stereocenters. The van der Waals surface area contributed by atoms with Gasteiger partial charge in [0.15, 0.2) is 0 Å². The van der Waals surface area contributed by atoms with E-state index in [-0.39, 0.29) is 11.7 Å². The summed E-state index contributed by atoms with van der Waals surface area (Å²) in [5.41, 5.74) is 7.15. The van der Waals surface area contributed by atoms with Crippen molar-refractivity contribution < 1.29 is 9.00 Å². The lowest BCUT2D eigenvalue weighted by Crippen LogP contribution is -2.19. The zero-order valence-electron chi connectivity index (χ0n) is 11.2. The monoisotopic (exact) mass is 366 g/mol. The minimum absolute atomic E-state index is 0.0801. The molecule has 2 rings (SSSR count). The third-order valence-corrected chi connectivity index (χ3v) is 4.56. The van der Waals surface area contributed by atoms with Gasteiger partial charge in [-0.1, -0.05) is 34.1 Å². The second-order valence-electron chi connectivity index (χ2n) is 4.40. The first-order valence-corrected chi connectivity index (χ1v) is 8.42. The van der Waals surface area contributed by atoms with Crippen molar-refractivity contribution in [3.63, 3.8) is 0 Å². The van der Waals surface area contributed by atoms with Crippen molar-refractivity contribution in [1.82, 2.24) is 0 Å². The minimum atomic E-state index is -1.37. The van der Waals surface area contributed by atoms with Gasteiger partial charge in [-0.2, -0.15) is 0 Å². The number of anilines is 1. The summed E-state index contributed by atoms with van der Waals surface area (Å²) in [4.78, 5) is 12.6. The number of nitrogens with two attached hydrogens (primary N) is 1. The van der Waals surface area contributed by atoms with Crippen molar-refractivity contribution in [1.29, 1.82) is 0 Å². The molecule has 0 bridgehead atoms. The Morgan fingerprint density at radius 1 is 1.19 bits per heavy atom. The fourth-order valence-electron chi connectivity index (χ4n) is 1.78. The molecule has 0 aromatic heterocycles. The summed E-state index contributed by atoms with van der Waals surface area (Å²) < 4.78 is 13.0. The van der Waals surface area contributed by atoms with Crippen molar-refractivity contribution >= 4 is 38.3 Å². The predicted octanol–water partition coefficient (Wildman–Crippen LogP) is 2.65. The quantitative estimate of drug-likeness (QED) is 0.854. The van der Waals surface area contributed by atoms with E-state index in [9.17, 15) is 9.00 Å². The Morgan fingerprint density at radius 3 is 2.67 bits per heavy atom. The standard InChI is InChI=1S/C15H15BrN2O2S/c16-12-4-2-6-14(8-12)21(20)10-15(19)18-13-5-1-3-11(7-13)9-17/h1-8H,9-10,17H2,(H,18,19). The molecular weight excluding hydrogens is 352 g/mol. The zero-order chi connectivity index (χ0) is 15.2. The fourth-order valence-corrected chi connectivity index (χ4v) is 3.30. The maximum atomic E-state index is 12.1. The molecule has 0 saturated heterocycles. The van der Waals surface area contributed by atoms with Gasteiger partial charge >= 0.3 is 0 Å². The van der Waals surface area contributed by atoms with Gasteiger partial charge in [-0.05, 0) is 35.9 Å². The Hall–Kier alpha value is -1.50. The Balaban J connectivity index is 1.99. The number of hydrogen-bond acceptors (Lipinski definition) is 3. The van der Waals surface area contributed by atoms with Gasteiger partial charge in [-0.15, -0.1) is 0 Å². The molecule has 2 aromatic rings. The molecule has 0 aliphatic heterocycles. The summed E-state index contributed by atoms with van der Waals surface area (Å²) in [6, 6.07) is 14.4. The lowest BCUT2D eigenvalue weighted by atomic mass is 10.2. The van der Waals surface area contributed by atoms with E-state index in [0.29, 0.717) is 17.1 Å². The van der Waals surface area contributed by atoms with Gasteiger partial charge in [0, 0.05) is 21.6 Å². The normalized spacial score (nSPS) is 11.9. The molecular formula is C15H15BrN2O2S. The molecule has 21 heavy (non-hydrogen) atoms. The molecule has 0 saturated carbocycles. The van der Waals surface area contributed by atoms with E-state index in [1.165, 1.54) is 0 Å². The van der Waals surface area contributed by atoms with Gasteiger partial charge in [0.2, 0.25) is 5.91 Å². The Morgan fingerprint density at radius 2 is 1.95 bits per heavy atom. The second kappa shape index (κ2) is 7.49. The molecule has 0 heterocycles. The van der Waals surface area contributed by atoms with Crippen LogP contribution in [0.25, 0.3) is 0 Å². The molecule has 1 amide bonds.